The molecule has 0 saturated carbocycles. The van der Waals surface area contributed by atoms with Crippen LogP contribution in [0.2, 0.25) is 0 Å². The third-order valence-corrected chi connectivity index (χ3v) is 15.6. The summed E-state index contributed by atoms with van der Waals surface area (Å²) in [5.74, 6) is 0. The van der Waals surface area contributed by atoms with Crippen LogP contribution >= 0.6 is 0 Å². The summed E-state index contributed by atoms with van der Waals surface area (Å²) in [4.78, 5) is 0. The van der Waals surface area contributed by atoms with Crippen molar-refractivity contribution >= 4 is 87.6 Å². The normalized spacial score (nSPS) is 11.9. The van der Waals surface area contributed by atoms with Crippen LogP contribution in [0, 0.1) is 0 Å². The molecule has 0 aliphatic carbocycles. The molecule has 12 aromatic carbocycles. The van der Waals surface area contributed by atoms with Crippen LogP contribution in [0.15, 0.2) is 274 Å². The summed E-state index contributed by atoms with van der Waals surface area (Å²) in [7, 11) is 0. The number of fused-ring (bicyclic) bond motifs is 12. The van der Waals surface area contributed by atoms with E-state index < -0.39 is 0 Å². The summed E-state index contributed by atoms with van der Waals surface area (Å²) in [5, 5.41) is 9.15. The summed E-state index contributed by atoms with van der Waals surface area (Å²) >= 11 is 0. The van der Waals surface area contributed by atoms with E-state index in [0.29, 0.717) is 0 Å². The summed E-state index contributed by atoms with van der Waals surface area (Å²) in [6.07, 6.45) is 0. The summed E-state index contributed by atoms with van der Waals surface area (Å²) in [6.45, 7) is 0. The average Bonchev–Trinajstić information content (AvgIpc) is 4.32. The molecule has 0 amide bonds. The van der Waals surface area contributed by atoms with Crippen molar-refractivity contribution < 1.29 is 13.3 Å². The zero-order chi connectivity index (χ0) is 49.8. The van der Waals surface area contributed by atoms with Crippen molar-refractivity contribution in [1.29, 1.82) is 0 Å². The Morgan fingerprint density at radius 1 is 0.211 bits per heavy atom. The fourth-order valence-corrected chi connectivity index (χ4v) is 12.0. The molecular weight excluding hydrogens is 927 g/mol. The second-order valence-electron chi connectivity index (χ2n) is 19.9. The first kappa shape index (κ1) is 42.4. The first-order valence-corrected chi connectivity index (χ1v) is 25.9. The van der Waals surface area contributed by atoms with Gasteiger partial charge in [-0.2, -0.15) is 0 Å². The molecule has 0 unspecified atom stereocenters. The van der Waals surface area contributed by atoms with E-state index in [1.807, 2.05) is 36.4 Å². The standard InChI is InChI=1S/C72H43NO3/c1-4-25-67-57(16-1)60-22-9-19-54(70(60)74-67)46-32-28-44(29-33-46)50-36-38-65-63(42-50)64-43-51(45-30-34-47(35-31-45)55-20-10-23-61-58-17-2-5-26-68(58)75-71(55)61)37-39-66(64)73(65)53-15-8-13-49(41-53)48-12-7-14-52(40-48)56-21-11-24-62-59-18-3-6-27-69(59)76-72(56)62/h1-43H. The predicted molar refractivity (Wildman–Crippen MR) is 315 cm³/mol. The molecule has 0 fully saturated rings. The lowest BCUT2D eigenvalue weighted by Gasteiger charge is -2.12. The van der Waals surface area contributed by atoms with Gasteiger partial charge in [-0.15, -0.1) is 0 Å². The molecule has 16 rings (SSSR count). The van der Waals surface area contributed by atoms with Crippen molar-refractivity contribution in [3.63, 3.8) is 0 Å². The predicted octanol–water partition coefficient (Wildman–Crippen LogP) is 20.5. The Morgan fingerprint density at radius 2 is 0.553 bits per heavy atom. The highest BCUT2D eigenvalue weighted by Crippen LogP contribution is 2.43. The molecule has 4 nitrogen and oxygen atoms in total. The maximum atomic E-state index is 6.49. The van der Waals surface area contributed by atoms with Crippen LogP contribution in [0.1, 0.15) is 0 Å². The van der Waals surface area contributed by atoms with Crippen LogP contribution in [0.4, 0.5) is 0 Å². The van der Waals surface area contributed by atoms with Crippen LogP contribution in [0.5, 0.6) is 0 Å². The third-order valence-electron chi connectivity index (χ3n) is 15.6. The van der Waals surface area contributed by atoms with Gasteiger partial charge < -0.3 is 17.8 Å². The number of hydrogen-bond acceptors (Lipinski definition) is 3. The van der Waals surface area contributed by atoms with Gasteiger partial charge in [-0.1, -0.05) is 200 Å². The van der Waals surface area contributed by atoms with E-state index in [-0.39, 0.29) is 0 Å². The molecule has 4 heterocycles. The summed E-state index contributed by atoms with van der Waals surface area (Å²) in [5.41, 5.74) is 22.3. The molecule has 0 radical (unpaired) electrons. The highest BCUT2D eigenvalue weighted by molar-refractivity contribution is 6.14. The molecule has 0 N–H and O–H groups in total. The van der Waals surface area contributed by atoms with Crippen molar-refractivity contribution in [2.75, 3.05) is 0 Å². The lowest BCUT2D eigenvalue weighted by molar-refractivity contribution is 0.669. The lowest BCUT2D eigenvalue weighted by Crippen LogP contribution is -1.94. The van der Waals surface area contributed by atoms with Crippen LogP contribution < -0.4 is 0 Å². The minimum absolute atomic E-state index is 0.899. The fourth-order valence-electron chi connectivity index (χ4n) is 12.0. The van der Waals surface area contributed by atoms with Crippen molar-refractivity contribution in [3.8, 4) is 72.4 Å². The van der Waals surface area contributed by atoms with Gasteiger partial charge in [0.05, 0.1) is 11.0 Å². The van der Waals surface area contributed by atoms with Crippen LogP contribution in [-0.2, 0) is 0 Å². The van der Waals surface area contributed by atoms with E-state index in [4.69, 9.17) is 13.3 Å². The Bertz CT molecular complexity index is 4770. The van der Waals surface area contributed by atoms with Gasteiger partial charge >= 0.3 is 0 Å². The second kappa shape index (κ2) is 16.7. The van der Waals surface area contributed by atoms with Gasteiger partial charge in [-0.3, -0.25) is 0 Å². The number of furan rings is 3. The van der Waals surface area contributed by atoms with Crippen molar-refractivity contribution in [3.05, 3.63) is 261 Å². The van der Waals surface area contributed by atoms with E-state index in [9.17, 15) is 0 Å². The lowest BCUT2D eigenvalue weighted by atomic mass is 9.97. The third kappa shape index (κ3) is 6.64. The molecule has 0 bridgehead atoms. The van der Waals surface area contributed by atoms with E-state index in [2.05, 4.69) is 229 Å². The molecule has 4 heteroatoms. The van der Waals surface area contributed by atoms with E-state index in [0.717, 1.165) is 149 Å². The van der Waals surface area contributed by atoms with Gasteiger partial charge in [0.25, 0.3) is 0 Å². The Labute approximate surface area is 436 Å². The topological polar surface area (TPSA) is 44.4 Å². The minimum Gasteiger partial charge on any atom is -0.455 e. The second-order valence-corrected chi connectivity index (χ2v) is 19.9. The highest BCUT2D eigenvalue weighted by atomic mass is 16.3. The molecule has 0 atom stereocenters. The monoisotopic (exact) mass is 969 g/mol. The molecule has 354 valence electrons. The zero-order valence-corrected chi connectivity index (χ0v) is 41.0. The minimum atomic E-state index is 0.899. The summed E-state index contributed by atoms with van der Waals surface area (Å²) in [6, 6.07) is 93.6. The highest BCUT2D eigenvalue weighted by Gasteiger charge is 2.19. The first-order chi connectivity index (χ1) is 37.6. The molecule has 4 aromatic heterocycles. The van der Waals surface area contributed by atoms with E-state index in [1.165, 1.54) is 10.8 Å². The molecule has 0 spiro atoms. The largest absolute Gasteiger partial charge is 0.455 e. The van der Waals surface area contributed by atoms with Crippen LogP contribution in [0.3, 0.4) is 0 Å². The fraction of sp³-hybridized carbons (Fsp3) is 0. The van der Waals surface area contributed by atoms with Crippen molar-refractivity contribution in [2.45, 2.75) is 0 Å². The zero-order valence-electron chi connectivity index (χ0n) is 41.0. The Kier molecular flexibility index (Phi) is 9.30. The van der Waals surface area contributed by atoms with Gasteiger partial charge in [0.1, 0.15) is 33.5 Å². The molecule has 0 aliphatic heterocycles. The first-order valence-electron chi connectivity index (χ1n) is 25.9. The van der Waals surface area contributed by atoms with Gasteiger partial charge in [0.15, 0.2) is 0 Å². The Hall–Kier alpha value is -10.2. The number of rotatable bonds is 7. The van der Waals surface area contributed by atoms with Crippen LogP contribution in [-0.4, -0.2) is 4.57 Å². The van der Waals surface area contributed by atoms with Gasteiger partial charge in [0.2, 0.25) is 0 Å². The van der Waals surface area contributed by atoms with E-state index in [1.54, 1.807) is 0 Å². The molecular formula is C72H43NO3. The maximum Gasteiger partial charge on any atom is 0.143 e. The number of nitrogens with zero attached hydrogens (tertiary/aromatic N) is 1. The molecule has 76 heavy (non-hydrogen) atoms. The van der Waals surface area contributed by atoms with Crippen LogP contribution in [0.25, 0.3) is 160 Å². The smallest absolute Gasteiger partial charge is 0.143 e. The molecule has 0 aliphatic rings. The number of aromatic nitrogens is 1. The summed E-state index contributed by atoms with van der Waals surface area (Å²) < 4.78 is 21.8. The number of hydrogen-bond donors (Lipinski definition) is 0. The molecule has 0 saturated heterocycles. The van der Waals surface area contributed by atoms with Gasteiger partial charge in [-0.05, 0) is 111 Å². The molecule has 16 aromatic rings. The number of benzene rings is 12. The van der Waals surface area contributed by atoms with Gasteiger partial charge in [-0.25, -0.2) is 0 Å². The van der Waals surface area contributed by atoms with Gasteiger partial charge in [0, 0.05) is 65.5 Å². The van der Waals surface area contributed by atoms with E-state index >= 15 is 0 Å². The Morgan fingerprint density at radius 3 is 1.03 bits per heavy atom. The van der Waals surface area contributed by atoms with Crippen molar-refractivity contribution in [2.24, 2.45) is 0 Å². The average molecular weight is 970 g/mol. The maximum absolute atomic E-state index is 6.49. The van der Waals surface area contributed by atoms with Crippen molar-refractivity contribution in [1.82, 2.24) is 4.57 Å². The quantitative estimate of drug-likeness (QED) is 0.160. The number of para-hydroxylation sites is 6. The SMILES string of the molecule is c1cc(-c2cccc(-n3c4ccc(-c5ccc(-c6cccc7c6oc6ccccc67)cc5)cc4c4cc(-c5ccc(-c6cccc7c6oc6ccccc67)cc5)ccc43)c2)cc(-c2cccc3c2oc2ccccc23)c1. The Balaban J connectivity index is 0.809.